The molecule has 96 valence electrons. The molecule has 0 radical (unpaired) electrons. The van der Waals surface area contributed by atoms with Gasteiger partial charge in [0.25, 0.3) is 0 Å². The lowest BCUT2D eigenvalue weighted by molar-refractivity contribution is -0.137. The molecule has 0 bridgehead atoms. The Bertz CT molecular complexity index is 457. The zero-order valence-electron chi connectivity index (χ0n) is 9.91. The molecule has 1 N–H and O–H groups in total. The number of alkyl halides is 3. The van der Waals surface area contributed by atoms with E-state index in [0.717, 1.165) is 12.1 Å². The predicted molar refractivity (Wildman–Crippen MR) is 66.3 cm³/mol. The van der Waals surface area contributed by atoms with Gasteiger partial charge in [0.05, 0.1) is 11.6 Å². The number of hydrogen-bond donors (Lipinski definition) is 1. The summed E-state index contributed by atoms with van der Waals surface area (Å²) >= 11 is 0. The highest BCUT2D eigenvalue weighted by molar-refractivity contribution is 5.47. The average molecular weight is 253 g/mol. The SMILES string of the molecule is CC1C=CC=CC1Nc1ccc(C(F)(F)F)cc1. The second-order valence-corrected chi connectivity index (χ2v) is 4.37. The standard InChI is InChI=1S/C14H14F3N/c1-10-4-2-3-5-13(10)18-12-8-6-11(7-9-12)14(15,16)17/h2-10,13,18H,1H3. The Kier molecular flexibility index (Phi) is 3.45. The fourth-order valence-corrected chi connectivity index (χ4v) is 1.85. The van der Waals surface area contributed by atoms with Crippen LogP contribution in [0.1, 0.15) is 12.5 Å². The van der Waals surface area contributed by atoms with Crippen LogP contribution in [0.25, 0.3) is 0 Å². The van der Waals surface area contributed by atoms with Gasteiger partial charge in [-0.2, -0.15) is 13.2 Å². The summed E-state index contributed by atoms with van der Waals surface area (Å²) in [5, 5.41) is 3.20. The van der Waals surface area contributed by atoms with Crippen LogP contribution in [0, 0.1) is 5.92 Å². The number of nitrogens with one attached hydrogen (secondary N) is 1. The monoisotopic (exact) mass is 253 g/mol. The van der Waals surface area contributed by atoms with Crippen LogP contribution in [0.3, 0.4) is 0 Å². The van der Waals surface area contributed by atoms with Crippen molar-refractivity contribution in [3.05, 3.63) is 54.1 Å². The Balaban J connectivity index is 2.07. The number of benzene rings is 1. The molecular formula is C14H14F3N. The molecule has 2 atom stereocenters. The molecule has 0 saturated carbocycles. The summed E-state index contributed by atoms with van der Waals surface area (Å²) in [6.45, 7) is 2.06. The van der Waals surface area contributed by atoms with Gasteiger partial charge in [0, 0.05) is 5.69 Å². The van der Waals surface area contributed by atoms with Crippen LogP contribution >= 0.6 is 0 Å². The summed E-state index contributed by atoms with van der Waals surface area (Å²) in [6.07, 6.45) is 3.68. The van der Waals surface area contributed by atoms with Gasteiger partial charge in [0.15, 0.2) is 0 Å². The van der Waals surface area contributed by atoms with Crippen molar-refractivity contribution in [1.82, 2.24) is 0 Å². The fraction of sp³-hybridized carbons (Fsp3) is 0.286. The maximum atomic E-state index is 12.4. The molecule has 4 heteroatoms. The zero-order valence-corrected chi connectivity index (χ0v) is 9.91. The van der Waals surface area contributed by atoms with Crippen molar-refractivity contribution in [2.45, 2.75) is 19.1 Å². The lowest BCUT2D eigenvalue weighted by atomic mass is 9.97. The first-order valence-corrected chi connectivity index (χ1v) is 5.75. The summed E-state index contributed by atoms with van der Waals surface area (Å²) in [4.78, 5) is 0. The smallest absolute Gasteiger partial charge is 0.378 e. The highest BCUT2D eigenvalue weighted by atomic mass is 19.4. The number of anilines is 1. The third kappa shape index (κ3) is 2.94. The average Bonchev–Trinajstić information content (AvgIpc) is 2.32. The second-order valence-electron chi connectivity index (χ2n) is 4.37. The van der Waals surface area contributed by atoms with Crippen LogP contribution in [-0.4, -0.2) is 6.04 Å². The fourth-order valence-electron chi connectivity index (χ4n) is 1.85. The molecule has 1 aliphatic rings. The van der Waals surface area contributed by atoms with Crippen molar-refractivity contribution in [3.63, 3.8) is 0 Å². The molecule has 0 aliphatic heterocycles. The van der Waals surface area contributed by atoms with E-state index in [9.17, 15) is 13.2 Å². The minimum absolute atomic E-state index is 0.117. The predicted octanol–water partition coefficient (Wildman–Crippen LogP) is 4.25. The Labute approximate surface area is 104 Å². The minimum Gasteiger partial charge on any atom is -0.378 e. The van der Waals surface area contributed by atoms with Crippen LogP contribution in [0.4, 0.5) is 18.9 Å². The number of rotatable bonds is 2. The lowest BCUT2D eigenvalue weighted by Crippen LogP contribution is -2.25. The van der Waals surface area contributed by atoms with E-state index in [1.54, 1.807) is 0 Å². The van der Waals surface area contributed by atoms with E-state index in [4.69, 9.17) is 0 Å². The van der Waals surface area contributed by atoms with Gasteiger partial charge in [-0.3, -0.25) is 0 Å². The molecule has 0 spiro atoms. The molecular weight excluding hydrogens is 239 g/mol. The van der Waals surface area contributed by atoms with E-state index < -0.39 is 11.7 Å². The van der Waals surface area contributed by atoms with E-state index in [2.05, 4.69) is 18.3 Å². The molecule has 0 saturated heterocycles. The van der Waals surface area contributed by atoms with Gasteiger partial charge in [0.1, 0.15) is 0 Å². The summed E-state index contributed by atoms with van der Waals surface area (Å²) < 4.78 is 37.2. The molecule has 2 unspecified atom stereocenters. The topological polar surface area (TPSA) is 12.0 Å². The second kappa shape index (κ2) is 4.88. The molecule has 1 aromatic rings. The molecule has 1 aromatic carbocycles. The molecule has 0 aromatic heterocycles. The number of hydrogen-bond acceptors (Lipinski definition) is 1. The molecule has 0 amide bonds. The van der Waals surface area contributed by atoms with Crippen molar-refractivity contribution >= 4 is 5.69 Å². The highest BCUT2D eigenvalue weighted by Crippen LogP contribution is 2.30. The number of allylic oxidation sites excluding steroid dienone is 2. The van der Waals surface area contributed by atoms with Crippen molar-refractivity contribution < 1.29 is 13.2 Å². The van der Waals surface area contributed by atoms with E-state index >= 15 is 0 Å². The lowest BCUT2D eigenvalue weighted by Gasteiger charge is -2.23. The van der Waals surface area contributed by atoms with Gasteiger partial charge in [-0.05, 0) is 30.2 Å². The van der Waals surface area contributed by atoms with Gasteiger partial charge < -0.3 is 5.32 Å². The van der Waals surface area contributed by atoms with Crippen LogP contribution < -0.4 is 5.32 Å². The Morgan fingerprint density at radius 1 is 1.00 bits per heavy atom. The van der Waals surface area contributed by atoms with Gasteiger partial charge in [0.2, 0.25) is 0 Å². The molecule has 1 nitrogen and oxygen atoms in total. The van der Waals surface area contributed by atoms with Gasteiger partial charge in [-0.25, -0.2) is 0 Å². The first-order valence-electron chi connectivity index (χ1n) is 5.75. The Morgan fingerprint density at radius 3 is 2.17 bits per heavy atom. The maximum absolute atomic E-state index is 12.4. The molecule has 0 fully saturated rings. The molecule has 1 aliphatic carbocycles. The third-order valence-corrected chi connectivity index (χ3v) is 2.96. The quantitative estimate of drug-likeness (QED) is 0.830. The molecule has 0 heterocycles. The van der Waals surface area contributed by atoms with Crippen molar-refractivity contribution in [2.24, 2.45) is 5.92 Å². The van der Waals surface area contributed by atoms with E-state index in [1.807, 2.05) is 18.2 Å². The number of halogens is 3. The first-order chi connectivity index (χ1) is 8.47. The Morgan fingerprint density at radius 2 is 1.61 bits per heavy atom. The Hall–Kier alpha value is -1.71. The maximum Gasteiger partial charge on any atom is 0.416 e. The van der Waals surface area contributed by atoms with E-state index in [0.29, 0.717) is 11.6 Å². The summed E-state index contributed by atoms with van der Waals surface area (Å²) in [6, 6.07) is 5.22. The molecule has 18 heavy (non-hydrogen) atoms. The van der Waals surface area contributed by atoms with Crippen LogP contribution in [0.2, 0.25) is 0 Å². The molecule has 2 rings (SSSR count). The summed E-state index contributed by atoms with van der Waals surface area (Å²) in [7, 11) is 0. The first kappa shape index (κ1) is 12.7. The van der Waals surface area contributed by atoms with Crippen molar-refractivity contribution in [1.29, 1.82) is 0 Å². The van der Waals surface area contributed by atoms with Gasteiger partial charge >= 0.3 is 6.18 Å². The normalized spacial score (nSPS) is 23.1. The van der Waals surface area contributed by atoms with Crippen LogP contribution in [0.5, 0.6) is 0 Å². The minimum atomic E-state index is -4.28. The van der Waals surface area contributed by atoms with E-state index in [1.165, 1.54) is 12.1 Å². The van der Waals surface area contributed by atoms with Gasteiger partial charge in [-0.1, -0.05) is 31.2 Å². The summed E-state index contributed by atoms with van der Waals surface area (Å²) in [5.74, 6) is 0.317. The van der Waals surface area contributed by atoms with Crippen molar-refractivity contribution in [3.8, 4) is 0 Å². The van der Waals surface area contributed by atoms with Crippen LogP contribution in [0.15, 0.2) is 48.6 Å². The van der Waals surface area contributed by atoms with Crippen molar-refractivity contribution in [2.75, 3.05) is 5.32 Å². The zero-order chi connectivity index (χ0) is 13.2. The van der Waals surface area contributed by atoms with Crippen LogP contribution in [-0.2, 0) is 6.18 Å². The van der Waals surface area contributed by atoms with Gasteiger partial charge in [-0.15, -0.1) is 0 Å². The van der Waals surface area contributed by atoms with E-state index in [-0.39, 0.29) is 6.04 Å². The highest BCUT2D eigenvalue weighted by Gasteiger charge is 2.30. The summed E-state index contributed by atoms with van der Waals surface area (Å²) in [5.41, 5.74) is 0.0694. The third-order valence-electron chi connectivity index (χ3n) is 2.96. The largest absolute Gasteiger partial charge is 0.416 e.